The van der Waals surface area contributed by atoms with Gasteiger partial charge in [-0.2, -0.15) is 13.2 Å². The Hall–Kier alpha value is -2.36. The number of nitro benzene ring substituents is 1. The second-order valence-electron chi connectivity index (χ2n) is 7.42. The van der Waals surface area contributed by atoms with Crippen LogP contribution in [-0.2, 0) is 11.0 Å². The van der Waals surface area contributed by atoms with E-state index in [2.05, 4.69) is 5.32 Å². The van der Waals surface area contributed by atoms with Gasteiger partial charge in [0.1, 0.15) is 5.69 Å². The highest BCUT2D eigenvalue weighted by molar-refractivity contribution is 5.78. The molecule has 3 rings (SSSR count). The molecule has 1 saturated heterocycles. The van der Waals surface area contributed by atoms with Crippen LogP contribution in [0, 0.1) is 16.0 Å². The predicted molar refractivity (Wildman–Crippen MR) is 97.1 cm³/mol. The van der Waals surface area contributed by atoms with Crippen molar-refractivity contribution in [3.8, 4) is 0 Å². The van der Waals surface area contributed by atoms with Crippen LogP contribution in [0.2, 0.25) is 0 Å². The number of nitro groups is 1. The number of anilines is 1. The normalized spacial score (nSPS) is 19.4. The molecule has 1 atom stereocenters. The molecule has 154 valence electrons. The van der Waals surface area contributed by atoms with Gasteiger partial charge in [-0.3, -0.25) is 19.8 Å². The molecule has 2 aliphatic rings. The summed E-state index contributed by atoms with van der Waals surface area (Å²) in [5, 5.41) is 14.3. The lowest BCUT2D eigenvalue weighted by atomic mass is 10.1. The van der Waals surface area contributed by atoms with Crippen LogP contribution < -0.4 is 10.2 Å². The zero-order valence-corrected chi connectivity index (χ0v) is 15.5. The molecule has 0 radical (unpaired) electrons. The van der Waals surface area contributed by atoms with Crippen LogP contribution >= 0.6 is 0 Å². The number of piperazine rings is 1. The largest absolute Gasteiger partial charge is 0.416 e. The van der Waals surface area contributed by atoms with Crippen LogP contribution in [-0.4, -0.2) is 54.5 Å². The maximum Gasteiger partial charge on any atom is 0.416 e. The molecule has 0 spiro atoms. The molecule has 1 amide bonds. The van der Waals surface area contributed by atoms with E-state index >= 15 is 0 Å². The second-order valence-corrected chi connectivity index (χ2v) is 7.42. The van der Waals surface area contributed by atoms with Crippen molar-refractivity contribution < 1.29 is 22.9 Å². The molecule has 1 saturated carbocycles. The van der Waals surface area contributed by atoms with E-state index in [-0.39, 0.29) is 24.2 Å². The highest BCUT2D eigenvalue weighted by Crippen LogP contribution is 2.36. The first-order valence-corrected chi connectivity index (χ1v) is 9.27. The number of hydrogen-bond donors (Lipinski definition) is 1. The van der Waals surface area contributed by atoms with Gasteiger partial charge in [0, 0.05) is 38.3 Å². The van der Waals surface area contributed by atoms with Crippen LogP contribution in [0.15, 0.2) is 18.2 Å². The standard InChI is InChI=1S/C18H23F3N4O3/c1-12(13-2-3-13)22-17(26)11-23-6-8-24(9-7-23)15-5-4-14(18(19,20)21)10-16(15)25(27)28/h4-5,10,12-13H,2-3,6-9,11H2,1H3,(H,22,26). The van der Waals surface area contributed by atoms with E-state index < -0.39 is 22.4 Å². The van der Waals surface area contributed by atoms with E-state index in [0.29, 0.717) is 38.2 Å². The fraction of sp³-hybridized carbons (Fsp3) is 0.611. The number of alkyl halides is 3. The van der Waals surface area contributed by atoms with Crippen LogP contribution in [0.3, 0.4) is 0 Å². The SMILES string of the molecule is CC(NC(=O)CN1CCN(c2ccc(C(F)(F)F)cc2[N+](=O)[O-])CC1)C1CC1. The second kappa shape index (κ2) is 7.94. The van der Waals surface area contributed by atoms with Gasteiger partial charge < -0.3 is 10.2 Å². The average molecular weight is 400 g/mol. The Morgan fingerprint density at radius 1 is 1.29 bits per heavy atom. The van der Waals surface area contributed by atoms with E-state index in [1.807, 2.05) is 11.8 Å². The van der Waals surface area contributed by atoms with Crippen molar-refractivity contribution >= 4 is 17.3 Å². The van der Waals surface area contributed by atoms with Gasteiger partial charge in [-0.05, 0) is 37.8 Å². The third kappa shape index (κ3) is 4.92. The highest BCUT2D eigenvalue weighted by Gasteiger charge is 2.34. The molecular weight excluding hydrogens is 377 g/mol. The minimum Gasteiger partial charge on any atom is -0.363 e. The maximum absolute atomic E-state index is 12.8. The monoisotopic (exact) mass is 400 g/mol. The van der Waals surface area contributed by atoms with Crippen LogP contribution in [0.5, 0.6) is 0 Å². The summed E-state index contributed by atoms with van der Waals surface area (Å²) in [7, 11) is 0. The maximum atomic E-state index is 12.8. The molecule has 7 nitrogen and oxygen atoms in total. The van der Waals surface area contributed by atoms with Crippen molar-refractivity contribution in [2.45, 2.75) is 32.0 Å². The number of nitrogens with zero attached hydrogens (tertiary/aromatic N) is 3. The number of carbonyl (C=O) groups excluding carboxylic acids is 1. The molecule has 0 aromatic heterocycles. The van der Waals surface area contributed by atoms with Crippen molar-refractivity contribution in [2.24, 2.45) is 5.92 Å². The number of rotatable bonds is 6. The Bertz CT molecular complexity index is 744. The Morgan fingerprint density at radius 2 is 1.93 bits per heavy atom. The van der Waals surface area contributed by atoms with Crippen molar-refractivity contribution in [3.63, 3.8) is 0 Å². The summed E-state index contributed by atoms with van der Waals surface area (Å²) in [5.41, 5.74) is -1.42. The molecule has 1 aromatic rings. The lowest BCUT2D eigenvalue weighted by Gasteiger charge is -2.35. The topological polar surface area (TPSA) is 78.7 Å². The fourth-order valence-corrected chi connectivity index (χ4v) is 3.48. The number of benzene rings is 1. The van der Waals surface area contributed by atoms with Crippen LogP contribution in [0.25, 0.3) is 0 Å². The molecule has 10 heteroatoms. The number of nitrogens with one attached hydrogen (secondary N) is 1. The Labute approximate surface area is 160 Å². The molecule has 1 heterocycles. The quantitative estimate of drug-likeness (QED) is 0.587. The van der Waals surface area contributed by atoms with E-state index in [9.17, 15) is 28.1 Å². The molecule has 1 aliphatic carbocycles. The zero-order chi connectivity index (χ0) is 20.5. The minimum absolute atomic E-state index is 0.0478. The first-order chi connectivity index (χ1) is 13.1. The zero-order valence-electron chi connectivity index (χ0n) is 15.5. The van der Waals surface area contributed by atoms with Gasteiger partial charge in [-0.25, -0.2) is 0 Å². The van der Waals surface area contributed by atoms with Crippen molar-refractivity contribution in [3.05, 3.63) is 33.9 Å². The summed E-state index contributed by atoms with van der Waals surface area (Å²) in [4.78, 5) is 26.2. The Balaban J connectivity index is 1.59. The fourth-order valence-electron chi connectivity index (χ4n) is 3.48. The number of halogens is 3. The van der Waals surface area contributed by atoms with Gasteiger partial charge in [0.15, 0.2) is 0 Å². The number of amides is 1. The lowest BCUT2D eigenvalue weighted by Crippen LogP contribution is -2.50. The van der Waals surface area contributed by atoms with Gasteiger partial charge >= 0.3 is 6.18 Å². The van der Waals surface area contributed by atoms with E-state index in [1.165, 1.54) is 0 Å². The lowest BCUT2D eigenvalue weighted by molar-refractivity contribution is -0.384. The molecule has 1 N–H and O–H groups in total. The van der Waals surface area contributed by atoms with Gasteiger partial charge in [-0.1, -0.05) is 0 Å². The third-order valence-electron chi connectivity index (χ3n) is 5.30. The molecule has 28 heavy (non-hydrogen) atoms. The Morgan fingerprint density at radius 3 is 2.46 bits per heavy atom. The molecule has 2 fully saturated rings. The summed E-state index contributed by atoms with van der Waals surface area (Å²) in [6, 6.07) is 2.76. The van der Waals surface area contributed by atoms with Crippen molar-refractivity contribution in [2.75, 3.05) is 37.6 Å². The van der Waals surface area contributed by atoms with Gasteiger partial charge in [0.25, 0.3) is 5.69 Å². The summed E-state index contributed by atoms with van der Waals surface area (Å²) < 4.78 is 38.5. The van der Waals surface area contributed by atoms with E-state index in [1.54, 1.807) is 4.90 Å². The van der Waals surface area contributed by atoms with E-state index in [4.69, 9.17) is 0 Å². The molecule has 0 bridgehead atoms. The number of hydrogen-bond acceptors (Lipinski definition) is 5. The van der Waals surface area contributed by atoms with Crippen LogP contribution in [0.4, 0.5) is 24.5 Å². The first-order valence-electron chi connectivity index (χ1n) is 9.27. The van der Waals surface area contributed by atoms with Gasteiger partial charge in [-0.15, -0.1) is 0 Å². The summed E-state index contributed by atoms with van der Waals surface area (Å²) in [5.74, 6) is 0.523. The Kier molecular flexibility index (Phi) is 5.78. The smallest absolute Gasteiger partial charge is 0.363 e. The highest BCUT2D eigenvalue weighted by atomic mass is 19.4. The van der Waals surface area contributed by atoms with Crippen molar-refractivity contribution in [1.29, 1.82) is 0 Å². The van der Waals surface area contributed by atoms with E-state index in [0.717, 1.165) is 25.0 Å². The molecule has 1 aromatic carbocycles. The third-order valence-corrected chi connectivity index (χ3v) is 5.30. The minimum atomic E-state index is -4.63. The summed E-state index contributed by atoms with van der Waals surface area (Å²) >= 11 is 0. The van der Waals surface area contributed by atoms with Crippen molar-refractivity contribution in [1.82, 2.24) is 10.2 Å². The number of carbonyl (C=O) groups is 1. The summed E-state index contributed by atoms with van der Waals surface area (Å²) in [6.07, 6.45) is -2.34. The van der Waals surface area contributed by atoms with Gasteiger partial charge in [0.2, 0.25) is 5.91 Å². The van der Waals surface area contributed by atoms with Crippen LogP contribution in [0.1, 0.15) is 25.3 Å². The molecule has 1 aliphatic heterocycles. The predicted octanol–water partition coefficient (Wildman–Crippen LogP) is 2.65. The molecule has 1 unspecified atom stereocenters. The summed E-state index contributed by atoms with van der Waals surface area (Å²) in [6.45, 7) is 4.05. The molecular formula is C18H23F3N4O3. The average Bonchev–Trinajstić information content (AvgIpc) is 3.46. The van der Waals surface area contributed by atoms with Gasteiger partial charge in [0.05, 0.1) is 17.0 Å². The first kappa shape index (κ1) is 20.4.